The molecule has 0 aliphatic heterocycles. The molecule has 88 valence electrons. The largest absolute Gasteiger partial charge is 0.388 e. The lowest BCUT2D eigenvalue weighted by atomic mass is 10.4. The maximum absolute atomic E-state index is 5.85. The lowest BCUT2D eigenvalue weighted by Crippen LogP contribution is -2.16. The number of hydrogen-bond donors (Lipinski definition) is 2. The van der Waals surface area contributed by atoms with Crippen LogP contribution in [-0.2, 0) is 6.54 Å². The Labute approximate surface area is 113 Å². The highest BCUT2D eigenvalue weighted by molar-refractivity contribution is 7.80. The van der Waals surface area contributed by atoms with Gasteiger partial charge in [0.15, 0.2) is 5.82 Å². The number of rotatable bonds is 4. The number of aromatic nitrogens is 2. The van der Waals surface area contributed by atoms with E-state index in [4.69, 9.17) is 29.6 Å². The standard InChI is InChI=1S/C10H9ClN4S2/c11-7-2-1-6(17-7)5-15-10-8(9(12)16)13-3-4-14-10/h1-4H,5H2,(H2,12,16)(H,14,15). The van der Waals surface area contributed by atoms with Gasteiger partial charge in [0.05, 0.1) is 10.9 Å². The molecule has 0 aliphatic carbocycles. The summed E-state index contributed by atoms with van der Waals surface area (Å²) >= 11 is 12.3. The molecule has 0 saturated carbocycles. The van der Waals surface area contributed by atoms with Gasteiger partial charge < -0.3 is 11.1 Å². The summed E-state index contributed by atoms with van der Waals surface area (Å²) in [6, 6.07) is 3.81. The van der Waals surface area contributed by atoms with Crippen molar-refractivity contribution < 1.29 is 0 Å². The molecule has 2 aromatic rings. The summed E-state index contributed by atoms with van der Waals surface area (Å²) in [4.78, 5) is 9.57. The van der Waals surface area contributed by atoms with Gasteiger partial charge in [-0.15, -0.1) is 11.3 Å². The molecule has 0 bridgehead atoms. The van der Waals surface area contributed by atoms with Crippen LogP contribution in [0.3, 0.4) is 0 Å². The van der Waals surface area contributed by atoms with Crippen LogP contribution in [0, 0.1) is 0 Å². The van der Waals surface area contributed by atoms with Crippen molar-refractivity contribution in [2.75, 3.05) is 5.32 Å². The maximum atomic E-state index is 5.85. The van der Waals surface area contributed by atoms with Crippen LogP contribution in [-0.4, -0.2) is 15.0 Å². The summed E-state index contributed by atoms with van der Waals surface area (Å²) in [7, 11) is 0. The van der Waals surface area contributed by atoms with Crippen LogP contribution in [0.5, 0.6) is 0 Å². The number of nitrogens with one attached hydrogen (secondary N) is 1. The van der Waals surface area contributed by atoms with E-state index in [1.807, 2.05) is 12.1 Å². The van der Waals surface area contributed by atoms with E-state index in [-0.39, 0.29) is 4.99 Å². The number of anilines is 1. The van der Waals surface area contributed by atoms with Gasteiger partial charge in [0.1, 0.15) is 10.7 Å². The Hall–Kier alpha value is -1.24. The highest BCUT2D eigenvalue weighted by Crippen LogP contribution is 2.22. The molecule has 0 amide bonds. The van der Waals surface area contributed by atoms with E-state index in [2.05, 4.69) is 15.3 Å². The van der Waals surface area contributed by atoms with Crippen LogP contribution in [0.1, 0.15) is 10.6 Å². The third-order valence-corrected chi connectivity index (χ3v) is 3.42. The zero-order valence-corrected chi connectivity index (χ0v) is 11.1. The van der Waals surface area contributed by atoms with Crippen molar-refractivity contribution in [3.63, 3.8) is 0 Å². The minimum atomic E-state index is 0.227. The van der Waals surface area contributed by atoms with Crippen molar-refractivity contribution in [3.8, 4) is 0 Å². The van der Waals surface area contributed by atoms with Gasteiger partial charge in [-0.05, 0) is 12.1 Å². The molecular formula is C10H9ClN4S2. The smallest absolute Gasteiger partial charge is 0.155 e. The van der Waals surface area contributed by atoms with E-state index in [0.29, 0.717) is 18.1 Å². The third kappa shape index (κ3) is 3.12. The second-order valence-electron chi connectivity index (χ2n) is 3.18. The van der Waals surface area contributed by atoms with Gasteiger partial charge in [-0.25, -0.2) is 9.97 Å². The highest BCUT2D eigenvalue weighted by atomic mass is 35.5. The Morgan fingerprint density at radius 3 is 2.82 bits per heavy atom. The van der Waals surface area contributed by atoms with Crippen LogP contribution in [0.2, 0.25) is 4.34 Å². The number of thiocarbonyl (C=S) groups is 1. The maximum Gasteiger partial charge on any atom is 0.155 e. The van der Waals surface area contributed by atoms with Crippen LogP contribution in [0.15, 0.2) is 24.5 Å². The fourth-order valence-electron chi connectivity index (χ4n) is 1.27. The summed E-state index contributed by atoms with van der Waals surface area (Å²) in [6.07, 6.45) is 3.15. The van der Waals surface area contributed by atoms with E-state index in [1.54, 1.807) is 12.4 Å². The zero-order chi connectivity index (χ0) is 12.3. The quantitative estimate of drug-likeness (QED) is 0.845. The van der Waals surface area contributed by atoms with Crippen molar-refractivity contribution >= 4 is 46.0 Å². The van der Waals surface area contributed by atoms with Crippen molar-refractivity contribution in [1.82, 2.24) is 9.97 Å². The van der Waals surface area contributed by atoms with E-state index in [0.717, 1.165) is 9.21 Å². The molecule has 4 nitrogen and oxygen atoms in total. The lowest BCUT2D eigenvalue weighted by Gasteiger charge is -2.07. The van der Waals surface area contributed by atoms with Crippen LogP contribution in [0.4, 0.5) is 5.82 Å². The second kappa shape index (κ2) is 5.39. The van der Waals surface area contributed by atoms with Crippen molar-refractivity contribution in [3.05, 3.63) is 39.4 Å². The Balaban J connectivity index is 2.11. The Kier molecular flexibility index (Phi) is 3.88. The molecular weight excluding hydrogens is 276 g/mol. The molecule has 2 heterocycles. The first-order chi connectivity index (χ1) is 8.16. The summed E-state index contributed by atoms with van der Waals surface area (Å²) in [5.41, 5.74) is 6.06. The average molecular weight is 285 g/mol. The molecule has 2 rings (SSSR count). The second-order valence-corrected chi connectivity index (χ2v) is 5.42. The minimum absolute atomic E-state index is 0.227. The Morgan fingerprint density at radius 2 is 2.18 bits per heavy atom. The van der Waals surface area contributed by atoms with Crippen LogP contribution in [0.25, 0.3) is 0 Å². The molecule has 0 fully saturated rings. The molecule has 0 aromatic carbocycles. The average Bonchev–Trinajstić information content (AvgIpc) is 2.73. The van der Waals surface area contributed by atoms with E-state index >= 15 is 0 Å². The van der Waals surface area contributed by atoms with Crippen LogP contribution < -0.4 is 11.1 Å². The molecule has 0 unspecified atom stereocenters. The van der Waals surface area contributed by atoms with Gasteiger partial charge in [0, 0.05) is 17.3 Å². The van der Waals surface area contributed by atoms with Crippen LogP contribution >= 0.6 is 35.2 Å². The number of nitrogens with two attached hydrogens (primary N) is 1. The Bertz CT molecular complexity index is 541. The van der Waals surface area contributed by atoms with Gasteiger partial charge in [0.2, 0.25) is 0 Å². The Morgan fingerprint density at radius 1 is 1.41 bits per heavy atom. The summed E-state index contributed by atoms with van der Waals surface area (Å²) in [5, 5.41) is 3.13. The number of thiophene rings is 1. The van der Waals surface area contributed by atoms with Gasteiger partial charge in [-0.3, -0.25) is 0 Å². The summed E-state index contributed by atoms with van der Waals surface area (Å²) < 4.78 is 0.760. The van der Waals surface area contributed by atoms with Crippen molar-refractivity contribution in [2.24, 2.45) is 5.73 Å². The molecule has 17 heavy (non-hydrogen) atoms. The van der Waals surface area contributed by atoms with Crippen molar-refractivity contribution in [2.45, 2.75) is 6.54 Å². The van der Waals surface area contributed by atoms with Gasteiger partial charge in [-0.2, -0.15) is 0 Å². The fourth-order valence-corrected chi connectivity index (χ4v) is 2.44. The highest BCUT2D eigenvalue weighted by Gasteiger charge is 2.07. The van der Waals surface area contributed by atoms with E-state index < -0.39 is 0 Å². The molecule has 0 atom stereocenters. The van der Waals surface area contributed by atoms with Crippen molar-refractivity contribution in [1.29, 1.82) is 0 Å². The molecule has 0 spiro atoms. The summed E-state index contributed by atoms with van der Waals surface area (Å²) in [5.74, 6) is 0.588. The predicted octanol–water partition coefficient (Wildman–Crippen LogP) is 2.44. The SMILES string of the molecule is NC(=S)c1nccnc1NCc1ccc(Cl)s1. The predicted molar refractivity (Wildman–Crippen MR) is 74.6 cm³/mol. The van der Waals surface area contributed by atoms with Gasteiger partial charge in [-0.1, -0.05) is 23.8 Å². The molecule has 0 saturated heterocycles. The van der Waals surface area contributed by atoms with E-state index in [9.17, 15) is 0 Å². The zero-order valence-electron chi connectivity index (χ0n) is 8.68. The third-order valence-electron chi connectivity index (χ3n) is 1.99. The molecule has 0 radical (unpaired) electrons. The minimum Gasteiger partial charge on any atom is -0.388 e. The first kappa shape index (κ1) is 12.2. The number of nitrogens with zero attached hydrogens (tertiary/aromatic N) is 2. The monoisotopic (exact) mass is 284 g/mol. The number of hydrogen-bond acceptors (Lipinski definition) is 5. The number of halogens is 1. The first-order valence-electron chi connectivity index (χ1n) is 4.75. The van der Waals surface area contributed by atoms with Gasteiger partial charge >= 0.3 is 0 Å². The normalized spacial score (nSPS) is 10.2. The fraction of sp³-hybridized carbons (Fsp3) is 0.100. The summed E-state index contributed by atoms with van der Waals surface area (Å²) in [6.45, 7) is 0.617. The molecule has 7 heteroatoms. The topological polar surface area (TPSA) is 63.8 Å². The molecule has 3 N–H and O–H groups in total. The van der Waals surface area contributed by atoms with Gasteiger partial charge in [0.25, 0.3) is 0 Å². The molecule has 0 aliphatic rings. The first-order valence-corrected chi connectivity index (χ1v) is 6.36. The lowest BCUT2D eigenvalue weighted by molar-refractivity contribution is 1.10. The molecule has 2 aromatic heterocycles. The van der Waals surface area contributed by atoms with E-state index in [1.165, 1.54) is 11.3 Å².